The van der Waals surface area contributed by atoms with Gasteiger partial charge in [-0.3, -0.25) is 4.99 Å². The fraction of sp³-hybridized carbons (Fsp3) is 0.117. The average molecular weight is 816 g/mol. The molecule has 2 heteroatoms. The number of aryl methyl sites for hydroxylation is 1. The van der Waals surface area contributed by atoms with E-state index < -0.39 is 0 Å². The summed E-state index contributed by atoms with van der Waals surface area (Å²) in [6.45, 7) is 15.8. The van der Waals surface area contributed by atoms with Crippen LogP contribution in [0, 0.1) is 6.92 Å². The molecule has 0 radical (unpaired) electrons. The summed E-state index contributed by atoms with van der Waals surface area (Å²) in [5.41, 5.74) is 14.3. The van der Waals surface area contributed by atoms with Crippen LogP contribution in [0.2, 0.25) is 0 Å². The SMILES string of the molecule is C=C(C)C(N=C(/C(C)=C(\C)c1cc(C(C)c2ccccc2-c2cc3ccccc3cc2C)c2sc3cc4ccccc4cc3c2c1)c1ccccc1)c1ccc2ccccc2c1. The van der Waals surface area contributed by atoms with Gasteiger partial charge in [0.25, 0.3) is 0 Å². The molecule has 0 saturated heterocycles. The van der Waals surface area contributed by atoms with Crippen LogP contribution in [0.3, 0.4) is 0 Å². The van der Waals surface area contributed by atoms with Crippen LogP contribution >= 0.6 is 11.3 Å². The van der Waals surface area contributed by atoms with Crippen molar-refractivity contribution < 1.29 is 0 Å². The molecule has 0 saturated carbocycles. The first-order valence-corrected chi connectivity index (χ1v) is 22.5. The number of nitrogens with zero attached hydrogens (tertiary/aromatic N) is 1. The summed E-state index contributed by atoms with van der Waals surface area (Å²) in [5, 5.41) is 10.1. The third kappa shape index (κ3) is 7.15. The van der Waals surface area contributed by atoms with Gasteiger partial charge in [0, 0.05) is 26.1 Å². The second-order valence-corrected chi connectivity index (χ2v) is 18.1. The van der Waals surface area contributed by atoms with Gasteiger partial charge in [-0.2, -0.15) is 0 Å². The van der Waals surface area contributed by atoms with Crippen LogP contribution in [0.1, 0.15) is 73.0 Å². The van der Waals surface area contributed by atoms with E-state index in [4.69, 9.17) is 4.99 Å². The highest BCUT2D eigenvalue weighted by Gasteiger charge is 2.23. The van der Waals surface area contributed by atoms with E-state index in [-0.39, 0.29) is 12.0 Å². The summed E-state index contributed by atoms with van der Waals surface area (Å²) in [6.07, 6.45) is 0. The lowest BCUT2D eigenvalue weighted by Gasteiger charge is -2.22. The van der Waals surface area contributed by atoms with Gasteiger partial charge >= 0.3 is 0 Å². The Kier molecular flexibility index (Phi) is 10.3. The Morgan fingerprint density at radius 1 is 0.516 bits per heavy atom. The summed E-state index contributed by atoms with van der Waals surface area (Å²) in [4.78, 5) is 5.65. The third-order valence-corrected chi connectivity index (χ3v) is 14.2. The molecule has 300 valence electrons. The number of hydrogen-bond acceptors (Lipinski definition) is 2. The van der Waals surface area contributed by atoms with Crippen molar-refractivity contribution in [3.63, 3.8) is 0 Å². The van der Waals surface area contributed by atoms with E-state index in [1.807, 2.05) is 11.3 Å². The van der Waals surface area contributed by atoms with Crippen LogP contribution in [0.4, 0.5) is 0 Å². The van der Waals surface area contributed by atoms with Crippen molar-refractivity contribution >= 4 is 75.1 Å². The molecule has 1 nitrogen and oxygen atoms in total. The predicted octanol–water partition coefficient (Wildman–Crippen LogP) is 17.2. The molecule has 62 heavy (non-hydrogen) atoms. The maximum atomic E-state index is 5.65. The van der Waals surface area contributed by atoms with Crippen LogP contribution in [-0.4, -0.2) is 5.71 Å². The van der Waals surface area contributed by atoms with Gasteiger partial charge in [-0.05, 0) is 152 Å². The van der Waals surface area contributed by atoms with Crippen molar-refractivity contribution in [1.29, 1.82) is 0 Å². The van der Waals surface area contributed by atoms with Gasteiger partial charge in [0.15, 0.2) is 0 Å². The molecule has 0 bridgehead atoms. The number of thiophene rings is 1. The van der Waals surface area contributed by atoms with Gasteiger partial charge < -0.3 is 0 Å². The van der Waals surface area contributed by atoms with Crippen LogP contribution in [-0.2, 0) is 0 Å². The van der Waals surface area contributed by atoms with Gasteiger partial charge in [-0.1, -0.05) is 165 Å². The molecule has 0 spiro atoms. The zero-order valence-electron chi connectivity index (χ0n) is 36.0. The molecule has 1 heterocycles. The lowest BCUT2D eigenvalue weighted by atomic mass is 9.83. The highest BCUT2D eigenvalue weighted by atomic mass is 32.1. The van der Waals surface area contributed by atoms with E-state index in [0.29, 0.717) is 0 Å². The fourth-order valence-electron chi connectivity index (χ4n) is 9.41. The summed E-state index contributed by atoms with van der Waals surface area (Å²) >= 11 is 1.93. The molecule has 2 unspecified atom stereocenters. The van der Waals surface area contributed by atoms with Gasteiger partial charge in [0.2, 0.25) is 0 Å². The number of aliphatic imine (C=N–C) groups is 1. The largest absolute Gasteiger partial charge is 0.272 e. The molecule has 0 N–H and O–H groups in total. The maximum absolute atomic E-state index is 5.65. The zero-order chi connectivity index (χ0) is 42.5. The molecular formula is C60H49NS. The molecule has 0 amide bonds. The third-order valence-electron chi connectivity index (χ3n) is 13.0. The lowest BCUT2D eigenvalue weighted by molar-refractivity contribution is 0.854. The molecule has 1 aromatic heterocycles. The lowest BCUT2D eigenvalue weighted by Crippen LogP contribution is -2.09. The van der Waals surface area contributed by atoms with Crippen LogP contribution < -0.4 is 0 Å². The topological polar surface area (TPSA) is 12.4 Å². The predicted molar refractivity (Wildman–Crippen MR) is 271 cm³/mol. The first-order chi connectivity index (χ1) is 30.2. The van der Waals surface area contributed by atoms with Crippen molar-refractivity contribution in [2.75, 3.05) is 0 Å². The highest BCUT2D eigenvalue weighted by molar-refractivity contribution is 7.26. The molecular weight excluding hydrogens is 767 g/mol. The summed E-state index contributed by atoms with van der Waals surface area (Å²) in [7, 11) is 0. The molecule has 10 rings (SSSR count). The van der Waals surface area contributed by atoms with Gasteiger partial charge in [-0.15, -0.1) is 11.3 Å². The smallest absolute Gasteiger partial charge is 0.0961 e. The first kappa shape index (κ1) is 39.3. The van der Waals surface area contributed by atoms with Crippen molar-refractivity contribution in [1.82, 2.24) is 0 Å². The Bertz CT molecular complexity index is 3430. The van der Waals surface area contributed by atoms with E-state index in [1.165, 1.54) is 91.4 Å². The minimum atomic E-state index is -0.209. The molecule has 0 fully saturated rings. The number of allylic oxidation sites excluding steroid dienone is 2. The van der Waals surface area contributed by atoms with E-state index in [2.05, 4.69) is 223 Å². The second kappa shape index (κ2) is 16.2. The highest BCUT2D eigenvalue weighted by Crippen LogP contribution is 2.45. The Hall–Kier alpha value is -6.87. The maximum Gasteiger partial charge on any atom is 0.0961 e. The second-order valence-electron chi connectivity index (χ2n) is 17.0. The summed E-state index contributed by atoms with van der Waals surface area (Å²) in [5.74, 6) is 0.109. The number of rotatable bonds is 9. The normalized spacial score (nSPS) is 13.5. The van der Waals surface area contributed by atoms with E-state index >= 15 is 0 Å². The van der Waals surface area contributed by atoms with Gasteiger partial charge in [-0.25, -0.2) is 0 Å². The molecule has 10 aromatic rings. The Morgan fingerprint density at radius 2 is 1.11 bits per heavy atom. The van der Waals surface area contributed by atoms with E-state index in [0.717, 1.165) is 28.0 Å². The van der Waals surface area contributed by atoms with Crippen molar-refractivity contribution in [3.8, 4) is 11.1 Å². The van der Waals surface area contributed by atoms with Crippen molar-refractivity contribution in [2.45, 2.75) is 46.6 Å². The standard InChI is InChI=1S/C60H49NS/c1-37(2)58(49-29-28-42-18-10-11-22-45(42)31-49)61-59(43-19-8-7-9-20-43)40(5)39(4)50-34-54(60-56(35-50)55-33-47-24-14-15-25-48(47)36-57(55)62-60)41(6)51-26-16-17-27-52(51)53-32-46-23-13-12-21-44(46)30-38(53)3/h7-36,41,58H,1H2,2-6H3/b40-39+,61-59?. The average Bonchev–Trinajstić information content (AvgIpc) is 3.67. The van der Waals surface area contributed by atoms with Crippen LogP contribution in [0.5, 0.6) is 0 Å². The Labute approximate surface area is 369 Å². The summed E-state index contributed by atoms with van der Waals surface area (Å²) in [6, 6.07) is 66.6. The fourth-order valence-corrected chi connectivity index (χ4v) is 10.7. The Balaban J connectivity index is 1.19. The van der Waals surface area contributed by atoms with Crippen molar-refractivity contribution in [3.05, 3.63) is 233 Å². The minimum absolute atomic E-state index is 0.109. The molecule has 2 atom stereocenters. The van der Waals surface area contributed by atoms with E-state index in [9.17, 15) is 0 Å². The number of benzene rings is 9. The van der Waals surface area contributed by atoms with Crippen LogP contribution in [0.15, 0.2) is 205 Å². The molecule has 0 aliphatic rings. The van der Waals surface area contributed by atoms with Crippen molar-refractivity contribution in [2.24, 2.45) is 4.99 Å². The zero-order valence-corrected chi connectivity index (χ0v) is 36.9. The molecule has 0 aliphatic carbocycles. The van der Waals surface area contributed by atoms with E-state index in [1.54, 1.807) is 0 Å². The Morgan fingerprint density at radius 3 is 1.82 bits per heavy atom. The van der Waals surface area contributed by atoms with Gasteiger partial charge in [0.1, 0.15) is 0 Å². The van der Waals surface area contributed by atoms with Gasteiger partial charge in [0.05, 0.1) is 11.8 Å². The molecule has 0 aliphatic heterocycles. The monoisotopic (exact) mass is 815 g/mol. The molecule has 9 aromatic carbocycles. The van der Waals surface area contributed by atoms with Crippen LogP contribution in [0.25, 0.3) is 69.2 Å². The number of hydrogen-bond donors (Lipinski definition) is 0. The number of fused-ring (bicyclic) bond motifs is 6. The summed E-state index contributed by atoms with van der Waals surface area (Å²) < 4.78 is 2.66. The first-order valence-electron chi connectivity index (χ1n) is 21.6. The quantitative estimate of drug-likeness (QED) is 0.102. The minimum Gasteiger partial charge on any atom is -0.272 e.